The summed E-state index contributed by atoms with van der Waals surface area (Å²) in [6.07, 6.45) is 24.9. The highest BCUT2D eigenvalue weighted by Gasteiger charge is 2.32. The van der Waals surface area contributed by atoms with Crippen molar-refractivity contribution in [2.24, 2.45) is 0 Å². The smallest absolute Gasteiger partial charge is 0.227 e. The van der Waals surface area contributed by atoms with Crippen LogP contribution in [-0.4, -0.2) is 19.8 Å². The first-order valence-corrected chi connectivity index (χ1v) is 14.3. The zero-order valence-electron chi connectivity index (χ0n) is 20.9. The molecule has 0 aromatic carbocycles. The van der Waals surface area contributed by atoms with E-state index in [1.165, 1.54) is 83.5 Å². The average molecular weight is 481 g/mol. The molecule has 0 saturated carbocycles. The van der Waals surface area contributed by atoms with E-state index in [9.17, 15) is 4.57 Å². The van der Waals surface area contributed by atoms with Gasteiger partial charge in [0, 0.05) is 0 Å². The number of hydrogen-bond donors (Lipinski definition) is 0. The fourth-order valence-corrected chi connectivity index (χ4v) is 3.88. The summed E-state index contributed by atoms with van der Waals surface area (Å²) >= 11 is 0. The molecule has 0 saturated heterocycles. The molecule has 0 aliphatic carbocycles. The molecule has 0 aliphatic rings. The van der Waals surface area contributed by atoms with E-state index >= 15 is 0 Å². The van der Waals surface area contributed by atoms with Gasteiger partial charge in [0.15, 0.2) is 0 Å². The maximum Gasteiger partial charge on any atom is 0.556 e. The Morgan fingerprint density at radius 2 is 0.938 bits per heavy atom. The van der Waals surface area contributed by atoms with Crippen molar-refractivity contribution >= 4 is 7.82 Å². The SMILES string of the molecule is CCCCCCCCC=CCCCCCCCCCCOOP(=O)(OOCC)OOCC. The van der Waals surface area contributed by atoms with E-state index in [-0.39, 0.29) is 13.2 Å². The predicted molar refractivity (Wildman–Crippen MR) is 129 cm³/mol. The van der Waals surface area contributed by atoms with Gasteiger partial charge >= 0.3 is 7.82 Å². The van der Waals surface area contributed by atoms with Crippen LogP contribution < -0.4 is 0 Å². The van der Waals surface area contributed by atoms with Gasteiger partial charge in [0.05, 0.1) is 19.8 Å². The summed E-state index contributed by atoms with van der Waals surface area (Å²) in [7, 11) is -4.02. The third kappa shape index (κ3) is 22.9. The molecule has 0 rings (SSSR count). The highest BCUT2D eigenvalue weighted by molar-refractivity contribution is 7.48. The van der Waals surface area contributed by atoms with Gasteiger partial charge < -0.3 is 0 Å². The van der Waals surface area contributed by atoms with Gasteiger partial charge in [-0.05, 0) is 46.0 Å². The van der Waals surface area contributed by atoms with Gasteiger partial charge in [-0.15, -0.1) is 14.0 Å². The number of unbranched alkanes of at least 4 members (excludes halogenated alkanes) is 14. The lowest BCUT2D eigenvalue weighted by Crippen LogP contribution is -2.04. The lowest BCUT2D eigenvalue weighted by Gasteiger charge is -2.13. The minimum Gasteiger partial charge on any atom is -0.227 e. The van der Waals surface area contributed by atoms with E-state index in [4.69, 9.17) is 9.56 Å². The predicted octanol–water partition coefficient (Wildman–Crippen LogP) is 8.80. The molecular weight excluding hydrogens is 431 g/mol. The summed E-state index contributed by atoms with van der Waals surface area (Å²) < 4.78 is 26.0. The Hall–Kier alpha value is -0.270. The van der Waals surface area contributed by atoms with Crippen molar-refractivity contribution in [1.29, 1.82) is 0 Å². The molecule has 0 unspecified atom stereocenters. The van der Waals surface area contributed by atoms with Crippen molar-refractivity contribution in [3.05, 3.63) is 12.2 Å². The Balaban J connectivity index is 3.39. The van der Waals surface area contributed by atoms with Crippen LogP contribution in [0.25, 0.3) is 0 Å². The van der Waals surface area contributed by atoms with Crippen LogP contribution in [0.4, 0.5) is 0 Å². The molecule has 0 radical (unpaired) electrons. The maximum atomic E-state index is 12.1. The van der Waals surface area contributed by atoms with Gasteiger partial charge in [-0.1, -0.05) is 89.7 Å². The van der Waals surface area contributed by atoms with Crippen LogP contribution in [0.1, 0.15) is 124 Å². The molecule has 192 valence electrons. The molecule has 32 heavy (non-hydrogen) atoms. The van der Waals surface area contributed by atoms with Crippen molar-refractivity contribution in [1.82, 2.24) is 0 Å². The second-order valence-electron chi connectivity index (χ2n) is 7.95. The molecule has 0 aliphatic heterocycles. The van der Waals surface area contributed by atoms with Gasteiger partial charge in [0.25, 0.3) is 0 Å². The van der Waals surface area contributed by atoms with Crippen LogP contribution in [0.3, 0.4) is 0 Å². The summed E-state index contributed by atoms with van der Waals surface area (Å²) in [6, 6.07) is 0. The maximum absolute atomic E-state index is 12.1. The Kier molecular flexibility index (Phi) is 25.1. The van der Waals surface area contributed by atoms with Crippen molar-refractivity contribution in [2.45, 2.75) is 124 Å². The standard InChI is InChI=1S/C24H49O7P/c1-4-7-8-9-10-11-12-13-14-15-16-17-18-19-20-21-22-23-24-28-31-32(25,29-26-5-2)30-27-6-3/h13-14H,4-12,15-24H2,1-3H3. The molecule has 0 fully saturated rings. The minimum atomic E-state index is -4.02. The molecule has 8 heteroatoms. The lowest BCUT2D eigenvalue weighted by atomic mass is 10.1. The summed E-state index contributed by atoms with van der Waals surface area (Å²) in [4.78, 5) is 14.2. The van der Waals surface area contributed by atoms with Gasteiger partial charge in [-0.25, -0.2) is 19.2 Å². The van der Waals surface area contributed by atoms with Crippen LogP contribution in [0.15, 0.2) is 12.2 Å². The van der Waals surface area contributed by atoms with E-state index in [0.717, 1.165) is 19.3 Å². The monoisotopic (exact) mass is 480 g/mol. The Bertz CT molecular complexity index is 434. The molecule has 0 heterocycles. The Morgan fingerprint density at radius 3 is 1.41 bits per heavy atom. The van der Waals surface area contributed by atoms with Crippen LogP contribution in [0.2, 0.25) is 0 Å². The van der Waals surface area contributed by atoms with Crippen LogP contribution in [0.5, 0.6) is 0 Å². The molecule has 0 amide bonds. The average Bonchev–Trinajstić information content (AvgIpc) is 2.80. The highest BCUT2D eigenvalue weighted by atomic mass is 31.2. The first-order valence-electron chi connectivity index (χ1n) is 12.9. The summed E-state index contributed by atoms with van der Waals surface area (Å²) in [5, 5.41) is 0. The zero-order chi connectivity index (χ0) is 23.6. The van der Waals surface area contributed by atoms with Crippen molar-refractivity contribution in [2.75, 3.05) is 19.8 Å². The largest absolute Gasteiger partial charge is 0.556 e. The fraction of sp³-hybridized carbons (Fsp3) is 0.917. The summed E-state index contributed by atoms with van der Waals surface area (Å²) in [5.74, 6) is 0. The second-order valence-corrected chi connectivity index (χ2v) is 9.29. The molecule has 0 spiro atoms. The van der Waals surface area contributed by atoms with E-state index in [0.29, 0.717) is 6.61 Å². The number of rotatable bonds is 26. The van der Waals surface area contributed by atoms with Gasteiger partial charge in [-0.2, -0.15) is 0 Å². The van der Waals surface area contributed by atoms with E-state index in [1.54, 1.807) is 13.8 Å². The molecule has 0 bridgehead atoms. The first-order chi connectivity index (χ1) is 15.7. The van der Waals surface area contributed by atoms with Gasteiger partial charge in [-0.3, -0.25) is 0 Å². The third-order valence-electron chi connectivity index (χ3n) is 4.91. The third-order valence-corrected chi connectivity index (χ3v) is 5.77. The second kappa shape index (κ2) is 25.4. The normalized spacial score (nSPS) is 12.2. The fourth-order valence-electron chi connectivity index (χ4n) is 3.14. The molecule has 7 nitrogen and oxygen atoms in total. The van der Waals surface area contributed by atoms with E-state index in [1.807, 2.05) is 0 Å². The molecule has 0 atom stereocenters. The van der Waals surface area contributed by atoms with Crippen LogP contribution in [-0.2, 0) is 33.3 Å². The molecule has 0 aromatic heterocycles. The lowest BCUT2D eigenvalue weighted by molar-refractivity contribution is -0.322. The van der Waals surface area contributed by atoms with Gasteiger partial charge in [0.1, 0.15) is 0 Å². The number of hydrogen-bond acceptors (Lipinski definition) is 7. The highest BCUT2D eigenvalue weighted by Crippen LogP contribution is 2.50. The minimum absolute atomic E-state index is 0.193. The van der Waals surface area contributed by atoms with E-state index < -0.39 is 7.82 Å². The summed E-state index contributed by atoms with van der Waals surface area (Å²) in [5.41, 5.74) is 0. The molecule has 0 N–H and O–H groups in total. The van der Waals surface area contributed by atoms with Crippen LogP contribution >= 0.6 is 7.82 Å². The quantitative estimate of drug-likeness (QED) is 0.0402. The number of phosphoric acid groups is 1. The van der Waals surface area contributed by atoms with Crippen molar-refractivity contribution < 1.29 is 33.3 Å². The summed E-state index contributed by atoms with van der Waals surface area (Å²) in [6.45, 7) is 6.32. The Labute approximate surface area is 196 Å². The van der Waals surface area contributed by atoms with E-state index in [2.05, 4.69) is 38.2 Å². The van der Waals surface area contributed by atoms with Gasteiger partial charge in [0.2, 0.25) is 0 Å². The molecule has 0 aromatic rings. The zero-order valence-corrected chi connectivity index (χ0v) is 21.8. The van der Waals surface area contributed by atoms with Crippen molar-refractivity contribution in [3.63, 3.8) is 0 Å². The number of allylic oxidation sites excluding steroid dienone is 2. The first kappa shape index (κ1) is 31.7. The Morgan fingerprint density at radius 1 is 0.531 bits per heavy atom. The topological polar surface area (TPSA) is 72.5 Å². The van der Waals surface area contributed by atoms with Crippen molar-refractivity contribution in [3.8, 4) is 0 Å². The van der Waals surface area contributed by atoms with Crippen LogP contribution in [0, 0.1) is 0 Å². The molecular formula is C24H49O7P.